The van der Waals surface area contributed by atoms with Gasteiger partial charge in [0.05, 0.1) is 33.3 Å². The van der Waals surface area contributed by atoms with Crippen molar-refractivity contribution in [3.63, 3.8) is 0 Å². The summed E-state index contributed by atoms with van der Waals surface area (Å²) in [6.07, 6.45) is 2.23. The third kappa shape index (κ3) is 4.65. The molecule has 2 aliphatic heterocycles. The van der Waals surface area contributed by atoms with E-state index in [0.29, 0.717) is 25.6 Å². The molecule has 2 aliphatic rings. The molecule has 1 atom stereocenters. The van der Waals surface area contributed by atoms with Gasteiger partial charge in [-0.15, -0.1) is 11.3 Å². The van der Waals surface area contributed by atoms with Gasteiger partial charge in [-0.25, -0.2) is 9.97 Å². The maximum atomic E-state index is 13.3. The lowest BCUT2D eigenvalue weighted by Gasteiger charge is -2.41. The maximum absolute atomic E-state index is 13.3. The van der Waals surface area contributed by atoms with Crippen LogP contribution in [0.4, 0.5) is 5.82 Å². The molecule has 2 N–H and O–H groups in total. The lowest BCUT2D eigenvalue weighted by atomic mass is 10.1. The number of hydrogen-bond donors (Lipinski definition) is 1. The summed E-state index contributed by atoms with van der Waals surface area (Å²) >= 11 is 9.32. The number of carbonyl (C=O) groups is 1. The van der Waals surface area contributed by atoms with Crippen LogP contribution in [0.2, 0.25) is 4.34 Å². The first kappa shape index (κ1) is 22.4. The fourth-order valence-electron chi connectivity index (χ4n) is 4.24. The number of rotatable bonds is 6. The summed E-state index contributed by atoms with van der Waals surface area (Å²) in [4.78, 5) is 26.9. The van der Waals surface area contributed by atoms with E-state index in [2.05, 4.69) is 21.8 Å². The molecule has 0 aliphatic carbocycles. The van der Waals surface area contributed by atoms with Crippen molar-refractivity contribution in [3.8, 4) is 0 Å². The number of hydrazone groups is 1. The number of benzene rings is 1. The van der Waals surface area contributed by atoms with E-state index in [0.717, 1.165) is 49.6 Å². The maximum Gasteiger partial charge on any atom is 0.240 e. The van der Waals surface area contributed by atoms with Gasteiger partial charge in [-0.2, -0.15) is 5.10 Å². The number of halogens is 1. The molecule has 0 radical (unpaired) electrons. The van der Waals surface area contributed by atoms with Crippen LogP contribution in [0, 0.1) is 0 Å². The lowest BCUT2D eigenvalue weighted by Crippen LogP contribution is -2.58. The van der Waals surface area contributed by atoms with E-state index in [1.807, 2.05) is 40.2 Å². The Morgan fingerprint density at radius 2 is 2.09 bits per heavy atom. The molecule has 172 valence electrons. The van der Waals surface area contributed by atoms with Crippen LogP contribution in [0.5, 0.6) is 0 Å². The second-order valence-corrected chi connectivity index (χ2v) is 10.7. The van der Waals surface area contributed by atoms with Crippen molar-refractivity contribution in [2.75, 3.05) is 31.4 Å². The van der Waals surface area contributed by atoms with Crippen LogP contribution in [0.3, 0.4) is 0 Å². The highest BCUT2D eigenvalue weighted by atomic mass is 35.5. The van der Waals surface area contributed by atoms with Crippen molar-refractivity contribution in [3.05, 3.63) is 51.4 Å². The van der Waals surface area contributed by atoms with Gasteiger partial charge in [0.25, 0.3) is 0 Å². The average molecular weight is 502 g/mol. The molecule has 0 spiro atoms. The van der Waals surface area contributed by atoms with E-state index in [1.54, 1.807) is 11.8 Å². The van der Waals surface area contributed by atoms with Gasteiger partial charge in [-0.05, 0) is 36.2 Å². The molecular weight excluding hydrogens is 478 g/mol. The summed E-state index contributed by atoms with van der Waals surface area (Å²) in [5.41, 5.74) is 7.77. The minimum Gasteiger partial charge on any atom is -0.383 e. The molecule has 0 saturated carbocycles. The first-order valence-corrected chi connectivity index (χ1v) is 12.9. The Hall–Kier alpha value is -2.40. The normalized spacial score (nSPS) is 19.5. The monoisotopic (exact) mass is 501 g/mol. The number of nitrogens with two attached hydrogens (primary N) is 1. The molecule has 1 saturated heterocycles. The van der Waals surface area contributed by atoms with Crippen LogP contribution in [0.15, 0.2) is 41.8 Å². The number of amides is 1. The Labute approximate surface area is 205 Å². The molecule has 11 heteroatoms. The number of hydrogen-bond acceptors (Lipinski definition) is 9. The molecule has 8 nitrogen and oxygen atoms in total. The van der Waals surface area contributed by atoms with Crippen LogP contribution in [-0.2, 0) is 11.3 Å². The van der Waals surface area contributed by atoms with E-state index in [-0.39, 0.29) is 11.9 Å². The van der Waals surface area contributed by atoms with Gasteiger partial charge in [-0.3, -0.25) is 14.7 Å². The molecule has 4 heterocycles. The topological polar surface area (TPSA) is 90.9 Å². The summed E-state index contributed by atoms with van der Waals surface area (Å²) in [5, 5.41) is 8.61. The number of fused-ring (bicyclic) bond motifs is 1. The summed E-state index contributed by atoms with van der Waals surface area (Å²) < 4.78 is 0.766. The fraction of sp³-hybridized carbons (Fsp3) is 0.364. The number of carbonyl (C=O) groups excluding carboxylic acids is 1. The van der Waals surface area contributed by atoms with E-state index < -0.39 is 0 Å². The van der Waals surface area contributed by atoms with Gasteiger partial charge in [0.1, 0.15) is 17.2 Å². The van der Waals surface area contributed by atoms with Crippen LogP contribution >= 0.6 is 34.7 Å². The van der Waals surface area contributed by atoms with Gasteiger partial charge >= 0.3 is 0 Å². The Balaban J connectivity index is 1.25. The third-order valence-electron chi connectivity index (χ3n) is 5.90. The zero-order valence-electron chi connectivity index (χ0n) is 18.1. The zero-order chi connectivity index (χ0) is 22.9. The van der Waals surface area contributed by atoms with E-state index in [1.165, 1.54) is 17.7 Å². The highest BCUT2D eigenvalue weighted by molar-refractivity contribution is 8.14. The smallest absolute Gasteiger partial charge is 0.240 e. The highest BCUT2D eigenvalue weighted by Crippen LogP contribution is 2.30. The van der Waals surface area contributed by atoms with Crippen LogP contribution in [0.1, 0.15) is 23.8 Å². The molecule has 0 unspecified atom stereocenters. The van der Waals surface area contributed by atoms with Crippen LogP contribution in [-0.4, -0.2) is 67.4 Å². The largest absolute Gasteiger partial charge is 0.383 e. The SMILES string of the molecule is CC[C@H]1C(=O)N(Cc2ccc3c(N)ncnc3c2)CCN1CN1CSC(c2ccc(Cl)s2)=N1. The third-order valence-corrected chi connectivity index (χ3v) is 8.27. The lowest BCUT2D eigenvalue weighted by molar-refractivity contribution is -0.144. The van der Waals surface area contributed by atoms with Gasteiger partial charge in [0.15, 0.2) is 0 Å². The van der Waals surface area contributed by atoms with Gasteiger partial charge in [-0.1, -0.05) is 36.4 Å². The summed E-state index contributed by atoms with van der Waals surface area (Å²) in [5.74, 6) is 1.40. The molecule has 33 heavy (non-hydrogen) atoms. The van der Waals surface area contributed by atoms with E-state index >= 15 is 0 Å². The summed E-state index contributed by atoms with van der Waals surface area (Å²) in [7, 11) is 0. The molecule has 5 rings (SSSR count). The van der Waals surface area contributed by atoms with Crippen molar-refractivity contribution in [2.24, 2.45) is 5.10 Å². The second-order valence-electron chi connectivity index (χ2n) is 8.04. The van der Waals surface area contributed by atoms with Crippen molar-refractivity contribution >= 4 is 62.4 Å². The second kappa shape index (κ2) is 9.46. The van der Waals surface area contributed by atoms with Gasteiger partial charge in [0.2, 0.25) is 5.91 Å². The van der Waals surface area contributed by atoms with Crippen LogP contribution < -0.4 is 5.73 Å². The Kier molecular flexibility index (Phi) is 6.42. The molecule has 1 aromatic carbocycles. The molecule has 2 aromatic heterocycles. The minimum absolute atomic E-state index is 0.155. The number of thioether (sulfide) groups is 1. The fourth-order valence-corrected chi connectivity index (χ4v) is 6.26. The molecule has 1 amide bonds. The van der Waals surface area contributed by atoms with Crippen molar-refractivity contribution < 1.29 is 4.79 Å². The van der Waals surface area contributed by atoms with Gasteiger partial charge in [0, 0.05) is 25.0 Å². The van der Waals surface area contributed by atoms with Crippen molar-refractivity contribution in [1.82, 2.24) is 24.8 Å². The number of thiophene rings is 1. The number of piperazine rings is 1. The molecule has 1 fully saturated rings. The first-order chi connectivity index (χ1) is 16.0. The zero-order valence-corrected chi connectivity index (χ0v) is 20.5. The Morgan fingerprint density at radius 3 is 2.88 bits per heavy atom. The molecular formula is C22H24ClN7OS2. The molecule has 0 bridgehead atoms. The first-order valence-electron chi connectivity index (χ1n) is 10.8. The quantitative estimate of drug-likeness (QED) is 0.551. The van der Waals surface area contributed by atoms with Crippen LogP contribution in [0.25, 0.3) is 10.9 Å². The molecule has 3 aromatic rings. The number of anilines is 1. The van der Waals surface area contributed by atoms with Crippen molar-refractivity contribution in [1.29, 1.82) is 0 Å². The van der Waals surface area contributed by atoms with Gasteiger partial charge < -0.3 is 10.6 Å². The highest BCUT2D eigenvalue weighted by Gasteiger charge is 2.35. The summed E-state index contributed by atoms with van der Waals surface area (Å²) in [6, 6.07) is 9.67. The number of aromatic nitrogens is 2. The Morgan fingerprint density at radius 1 is 1.21 bits per heavy atom. The minimum atomic E-state index is -0.155. The number of nitrogens with zero attached hydrogens (tertiary/aromatic N) is 6. The summed E-state index contributed by atoms with van der Waals surface area (Å²) in [6.45, 7) is 4.75. The predicted molar refractivity (Wildman–Crippen MR) is 135 cm³/mol. The van der Waals surface area contributed by atoms with Crippen molar-refractivity contribution in [2.45, 2.75) is 25.9 Å². The Bertz CT molecular complexity index is 1220. The van der Waals surface area contributed by atoms with E-state index in [9.17, 15) is 4.79 Å². The standard InChI is InChI=1S/C22H24ClN7OS2/c1-2-17-22(31)28(10-14-3-4-15-16(9-14)25-11-26-20(15)24)7-8-29(17)12-30-13-32-21(27-30)18-5-6-19(23)33-18/h3-6,9,11,17H,2,7-8,10,12-13H2,1H3,(H2,24,25,26)/t17-/m0/s1. The number of nitrogen functional groups attached to an aromatic ring is 1. The average Bonchev–Trinajstić information content (AvgIpc) is 3.45. The predicted octanol–water partition coefficient (Wildman–Crippen LogP) is 3.68. The van der Waals surface area contributed by atoms with E-state index in [4.69, 9.17) is 22.4 Å².